The maximum atomic E-state index is 13.4. The van der Waals surface area contributed by atoms with E-state index in [0.29, 0.717) is 56.2 Å². The summed E-state index contributed by atoms with van der Waals surface area (Å²) in [4.78, 5) is 43.0. The number of hydrogen-bond donors (Lipinski definition) is 1. The summed E-state index contributed by atoms with van der Waals surface area (Å²) >= 11 is 0. The number of ether oxygens (including phenoxy) is 5. The first kappa shape index (κ1) is 33.2. The average molecular weight is 612 g/mol. The minimum Gasteiger partial charge on any atom is -0.493 e. The number of fused-ring (bicyclic) bond motifs is 9. The van der Waals surface area contributed by atoms with Gasteiger partial charge >= 0.3 is 0 Å². The zero-order chi connectivity index (χ0) is 31.5. The number of benzene rings is 2. The topological polar surface area (TPSA) is 116 Å². The fourth-order valence-electron chi connectivity index (χ4n) is 5.33. The first-order valence-corrected chi connectivity index (χ1v) is 15.3. The van der Waals surface area contributed by atoms with Gasteiger partial charge in [-0.05, 0) is 68.5 Å². The van der Waals surface area contributed by atoms with Crippen LogP contribution < -0.4 is 14.8 Å². The Kier molecular flexibility index (Phi) is 12.4. The molecule has 4 bridgehead atoms. The minimum atomic E-state index is -0.462. The van der Waals surface area contributed by atoms with Gasteiger partial charge in [-0.25, -0.2) is 0 Å². The molecule has 0 radical (unpaired) electrons. The molecule has 0 aliphatic carbocycles. The molecule has 2 aromatic carbocycles. The first-order chi connectivity index (χ1) is 21.2. The van der Waals surface area contributed by atoms with Gasteiger partial charge in [0.25, 0.3) is 0 Å². The normalized spacial score (nSPS) is 19.8. The third-order valence-electron chi connectivity index (χ3n) is 7.70. The number of carbonyl (C=O) groups is 3. The van der Waals surface area contributed by atoms with Gasteiger partial charge in [0.15, 0.2) is 11.5 Å². The van der Waals surface area contributed by atoms with Gasteiger partial charge in [-0.1, -0.05) is 18.2 Å². The highest BCUT2D eigenvalue weighted by Gasteiger charge is 2.34. The Balaban J connectivity index is 1.59. The lowest BCUT2D eigenvalue weighted by Gasteiger charge is -2.39. The van der Waals surface area contributed by atoms with E-state index in [9.17, 15) is 14.4 Å². The standard InChI is InChI=1S/C33H45N3O8/c1-23(2)42-22-33(39)36-15-13-28-27(19-36)34-31(37)20-35(14-6-16-40-3)32(38)12-10-24-9-11-29(30(18-24)41-4)44-26-8-5-7-25(17-26)21-43-28/h5,7-9,11,17-18,23,27-28H,6,10,12-16,19-22H2,1-4H3,(H,34,37)/t27-,28+/m0/s1. The second-order valence-corrected chi connectivity index (χ2v) is 11.4. The molecule has 0 unspecified atom stereocenters. The van der Waals surface area contributed by atoms with E-state index in [2.05, 4.69) is 5.32 Å². The molecule has 5 rings (SSSR count). The Morgan fingerprint density at radius 2 is 1.93 bits per heavy atom. The number of methoxy groups -OCH3 is 2. The van der Waals surface area contributed by atoms with Crippen LogP contribution in [0.2, 0.25) is 0 Å². The number of rotatable bonds is 8. The van der Waals surface area contributed by atoms with Crippen molar-refractivity contribution in [3.63, 3.8) is 0 Å². The van der Waals surface area contributed by atoms with Crippen molar-refractivity contribution in [2.24, 2.45) is 0 Å². The van der Waals surface area contributed by atoms with E-state index < -0.39 is 6.04 Å². The van der Waals surface area contributed by atoms with Crippen molar-refractivity contribution in [3.05, 3.63) is 53.6 Å². The predicted molar refractivity (Wildman–Crippen MR) is 164 cm³/mol. The van der Waals surface area contributed by atoms with E-state index in [1.807, 2.05) is 56.3 Å². The van der Waals surface area contributed by atoms with Gasteiger partial charge in [0.05, 0.1) is 38.5 Å². The highest BCUT2D eigenvalue weighted by Crippen LogP contribution is 2.33. The number of hydrogen-bond acceptors (Lipinski definition) is 8. The van der Waals surface area contributed by atoms with Crippen LogP contribution in [0.4, 0.5) is 0 Å². The Labute approximate surface area is 259 Å². The van der Waals surface area contributed by atoms with Crippen LogP contribution in [0.3, 0.4) is 0 Å². The summed E-state index contributed by atoms with van der Waals surface area (Å²) in [5.41, 5.74) is 1.82. The van der Waals surface area contributed by atoms with Crippen molar-refractivity contribution in [2.75, 3.05) is 53.6 Å². The van der Waals surface area contributed by atoms with Crippen molar-refractivity contribution in [2.45, 2.75) is 64.4 Å². The zero-order valence-electron chi connectivity index (χ0n) is 26.2. The molecule has 3 aliphatic heterocycles. The van der Waals surface area contributed by atoms with Crippen molar-refractivity contribution in [3.8, 4) is 17.2 Å². The molecule has 44 heavy (non-hydrogen) atoms. The third-order valence-corrected chi connectivity index (χ3v) is 7.70. The number of piperidine rings is 1. The van der Waals surface area contributed by atoms with Gasteiger partial charge < -0.3 is 38.8 Å². The fraction of sp³-hybridized carbons (Fsp3) is 0.545. The molecule has 2 atom stereocenters. The molecular weight excluding hydrogens is 566 g/mol. The Morgan fingerprint density at radius 1 is 1.09 bits per heavy atom. The first-order valence-electron chi connectivity index (χ1n) is 15.3. The zero-order valence-corrected chi connectivity index (χ0v) is 26.2. The van der Waals surface area contributed by atoms with Crippen LogP contribution in [0, 0.1) is 0 Å². The lowest BCUT2D eigenvalue weighted by Crippen LogP contribution is -2.58. The summed E-state index contributed by atoms with van der Waals surface area (Å²) in [6, 6.07) is 12.8. The summed E-state index contributed by atoms with van der Waals surface area (Å²) in [5, 5.41) is 3.08. The molecule has 11 nitrogen and oxygen atoms in total. The monoisotopic (exact) mass is 611 g/mol. The third kappa shape index (κ3) is 9.67. The molecule has 1 fully saturated rings. The average Bonchev–Trinajstić information content (AvgIpc) is 3.01. The highest BCUT2D eigenvalue weighted by molar-refractivity contribution is 5.85. The van der Waals surface area contributed by atoms with Gasteiger partial charge in [0, 0.05) is 39.8 Å². The molecule has 0 aromatic heterocycles. The second-order valence-electron chi connectivity index (χ2n) is 11.4. The highest BCUT2D eigenvalue weighted by atomic mass is 16.5. The molecule has 3 aliphatic rings. The van der Waals surface area contributed by atoms with Crippen LogP contribution in [0.5, 0.6) is 17.2 Å². The largest absolute Gasteiger partial charge is 0.493 e. The molecule has 3 heterocycles. The number of aryl methyl sites for hydroxylation is 1. The van der Waals surface area contributed by atoms with Crippen LogP contribution in [-0.2, 0) is 41.6 Å². The maximum absolute atomic E-state index is 13.4. The Hall–Kier alpha value is -3.67. The van der Waals surface area contributed by atoms with Crippen molar-refractivity contribution >= 4 is 17.7 Å². The number of carbonyl (C=O) groups excluding carboxylic acids is 3. The van der Waals surface area contributed by atoms with E-state index in [-0.39, 0.29) is 62.7 Å². The lowest BCUT2D eigenvalue weighted by atomic mass is 10.0. The van der Waals surface area contributed by atoms with E-state index in [0.717, 1.165) is 11.1 Å². The molecular formula is C33H45N3O8. The van der Waals surface area contributed by atoms with Gasteiger partial charge in [0.2, 0.25) is 17.7 Å². The molecule has 0 saturated carbocycles. The molecule has 240 valence electrons. The SMILES string of the molecule is COCCCN1CC(=O)N[C@H]2CN(C(=O)COC(C)C)CC[C@H]2OCc2cccc(c2)Oc2ccc(cc2OC)CCC1=O. The summed E-state index contributed by atoms with van der Waals surface area (Å²) < 4.78 is 28.9. The smallest absolute Gasteiger partial charge is 0.248 e. The molecule has 1 saturated heterocycles. The van der Waals surface area contributed by atoms with E-state index in [1.54, 1.807) is 24.0 Å². The van der Waals surface area contributed by atoms with Crippen molar-refractivity contribution < 1.29 is 38.1 Å². The van der Waals surface area contributed by atoms with Gasteiger partial charge in [-0.2, -0.15) is 0 Å². The number of likely N-dealkylation sites (tertiary alicyclic amines) is 1. The van der Waals surface area contributed by atoms with Crippen LogP contribution in [0.25, 0.3) is 0 Å². The van der Waals surface area contributed by atoms with Crippen LogP contribution in [-0.4, -0.2) is 99.4 Å². The fourth-order valence-corrected chi connectivity index (χ4v) is 5.33. The van der Waals surface area contributed by atoms with Gasteiger partial charge in [0.1, 0.15) is 12.4 Å². The molecule has 0 spiro atoms. The summed E-state index contributed by atoms with van der Waals surface area (Å²) in [6.07, 6.45) is 1.42. The lowest BCUT2D eigenvalue weighted by molar-refractivity contribution is -0.143. The van der Waals surface area contributed by atoms with Crippen LogP contribution in [0.1, 0.15) is 44.2 Å². The van der Waals surface area contributed by atoms with Crippen LogP contribution in [0.15, 0.2) is 42.5 Å². The minimum absolute atomic E-state index is 0.0229. The quantitative estimate of drug-likeness (QED) is 0.452. The molecule has 1 N–H and O–H groups in total. The Bertz CT molecular complexity index is 1270. The van der Waals surface area contributed by atoms with Crippen LogP contribution >= 0.6 is 0 Å². The number of amides is 3. The summed E-state index contributed by atoms with van der Waals surface area (Å²) in [7, 11) is 3.19. The second kappa shape index (κ2) is 16.4. The summed E-state index contributed by atoms with van der Waals surface area (Å²) in [5.74, 6) is 1.18. The van der Waals surface area contributed by atoms with Gasteiger partial charge in [-0.15, -0.1) is 0 Å². The van der Waals surface area contributed by atoms with E-state index in [4.69, 9.17) is 23.7 Å². The van der Waals surface area contributed by atoms with E-state index in [1.165, 1.54) is 0 Å². The Morgan fingerprint density at radius 3 is 2.70 bits per heavy atom. The number of nitrogens with one attached hydrogen (secondary N) is 1. The van der Waals surface area contributed by atoms with Crippen molar-refractivity contribution in [1.29, 1.82) is 0 Å². The predicted octanol–water partition coefficient (Wildman–Crippen LogP) is 3.33. The van der Waals surface area contributed by atoms with Crippen molar-refractivity contribution in [1.82, 2.24) is 15.1 Å². The molecule has 2 aromatic rings. The number of nitrogens with zero attached hydrogens (tertiary/aromatic N) is 2. The summed E-state index contributed by atoms with van der Waals surface area (Å²) in [6.45, 7) is 5.55. The molecule has 3 amide bonds. The molecule has 11 heteroatoms. The van der Waals surface area contributed by atoms with Gasteiger partial charge in [-0.3, -0.25) is 14.4 Å². The maximum Gasteiger partial charge on any atom is 0.248 e. The van der Waals surface area contributed by atoms with E-state index >= 15 is 0 Å².